The van der Waals surface area contributed by atoms with Gasteiger partial charge in [0.1, 0.15) is 4.75 Å². The van der Waals surface area contributed by atoms with E-state index in [9.17, 15) is 4.55 Å². The summed E-state index contributed by atoms with van der Waals surface area (Å²) in [7, 11) is 1.88. The van der Waals surface area contributed by atoms with Crippen molar-refractivity contribution in [3.8, 4) is 0 Å². The molecule has 0 aromatic rings. The Balaban J connectivity index is 3.94. The van der Waals surface area contributed by atoms with E-state index in [1.165, 1.54) is 0 Å². The van der Waals surface area contributed by atoms with Gasteiger partial charge in [-0.05, 0) is 27.7 Å². The van der Waals surface area contributed by atoms with Gasteiger partial charge in [0.15, 0.2) is 0 Å². The highest BCUT2D eigenvalue weighted by molar-refractivity contribution is 7.90. The Labute approximate surface area is 66.9 Å². The molecule has 0 heterocycles. The van der Waals surface area contributed by atoms with Gasteiger partial charge in [0.25, 0.3) is 0 Å². The number of nitrogens with zero attached hydrogens (tertiary/aromatic N) is 1. The molecule has 10 heavy (non-hydrogen) atoms. The first-order valence-electron chi connectivity index (χ1n) is 3.52. The summed E-state index contributed by atoms with van der Waals surface area (Å²) < 4.78 is 13.2. The van der Waals surface area contributed by atoms with E-state index in [1.54, 1.807) is 0 Å². The molecule has 0 N–H and O–H groups in total. The maximum Gasteiger partial charge on any atom is 0.137 e. The number of hydrogen-bond donors (Lipinski definition) is 0. The molecule has 0 aliphatic rings. The molecular weight excluding hydrogens is 146 g/mol. The molecule has 1 atom stereocenters. The van der Waals surface area contributed by atoms with Gasteiger partial charge in [-0.2, -0.15) is 0 Å². The fourth-order valence-electron chi connectivity index (χ4n) is 0.585. The summed E-state index contributed by atoms with van der Waals surface area (Å²) in [4.78, 5) is 0. The standard InChI is InChI=1S/C7H17NOS/c1-6-8(5)10(9)7(2,3)4/h6H2,1-5H3/t10-/m1/s1. The largest absolute Gasteiger partial charge is 0.598 e. The summed E-state index contributed by atoms with van der Waals surface area (Å²) in [5.74, 6) is 0. The van der Waals surface area contributed by atoms with E-state index < -0.39 is 11.4 Å². The van der Waals surface area contributed by atoms with Gasteiger partial charge in [0.05, 0.1) is 0 Å². The third-order valence-electron chi connectivity index (χ3n) is 1.25. The maximum atomic E-state index is 11.4. The Morgan fingerprint density at radius 2 is 1.80 bits per heavy atom. The minimum Gasteiger partial charge on any atom is -0.598 e. The average molecular weight is 163 g/mol. The van der Waals surface area contributed by atoms with E-state index in [0.29, 0.717) is 0 Å². The van der Waals surface area contributed by atoms with E-state index in [4.69, 9.17) is 0 Å². The van der Waals surface area contributed by atoms with Crippen LogP contribution in [0.3, 0.4) is 0 Å². The molecule has 0 bridgehead atoms. The number of rotatable bonds is 2. The predicted octanol–water partition coefficient (Wildman–Crippen LogP) is 1.40. The van der Waals surface area contributed by atoms with Crippen LogP contribution in [0.4, 0.5) is 0 Å². The quantitative estimate of drug-likeness (QED) is 0.575. The average Bonchev–Trinajstić information content (AvgIpc) is 1.83. The zero-order valence-electron chi connectivity index (χ0n) is 7.47. The van der Waals surface area contributed by atoms with Crippen molar-refractivity contribution < 1.29 is 4.55 Å². The van der Waals surface area contributed by atoms with Crippen LogP contribution >= 0.6 is 0 Å². The number of hydrogen-bond acceptors (Lipinski definition) is 2. The third-order valence-corrected chi connectivity index (χ3v) is 3.12. The van der Waals surface area contributed by atoms with E-state index in [1.807, 2.05) is 39.0 Å². The second-order valence-corrected chi connectivity index (χ2v) is 5.65. The van der Waals surface area contributed by atoms with E-state index >= 15 is 0 Å². The van der Waals surface area contributed by atoms with Crippen LogP contribution in [-0.2, 0) is 11.4 Å². The summed E-state index contributed by atoms with van der Waals surface area (Å²) in [6.45, 7) is 8.79. The minimum absolute atomic E-state index is 0.120. The van der Waals surface area contributed by atoms with E-state index in [0.717, 1.165) is 6.54 Å². The SMILES string of the molecule is CCN(C)[S@+]([O-])C(C)(C)C. The van der Waals surface area contributed by atoms with Crippen LogP contribution in [0.5, 0.6) is 0 Å². The van der Waals surface area contributed by atoms with Gasteiger partial charge in [-0.25, -0.2) is 0 Å². The first kappa shape index (κ1) is 10.3. The third kappa shape index (κ3) is 2.90. The van der Waals surface area contributed by atoms with Crippen LogP contribution in [0, 0.1) is 0 Å². The highest BCUT2D eigenvalue weighted by Crippen LogP contribution is 2.17. The van der Waals surface area contributed by atoms with E-state index in [2.05, 4.69) is 0 Å². The van der Waals surface area contributed by atoms with Gasteiger partial charge in [-0.3, -0.25) is 0 Å². The van der Waals surface area contributed by atoms with Crippen molar-refractivity contribution in [2.24, 2.45) is 0 Å². The molecule has 0 saturated carbocycles. The monoisotopic (exact) mass is 163 g/mol. The first-order chi connectivity index (χ1) is 4.39. The highest BCUT2D eigenvalue weighted by atomic mass is 32.2. The van der Waals surface area contributed by atoms with Gasteiger partial charge >= 0.3 is 0 Å². The van der Waals surface area contributed by atoms with Crippen LogP contribution < -0.4 is 0 Å². The molecule has 0 amide bonds. The molecule has 0 spiro atoms. The summed E-state index contributed by atoms with van der Waals surface area (Å²) in [5.41, 5.74) is 0. The van der Waals surface area contributed by atoms with E-state index in [-0.39, 0.29) is 4.75 Å². The van der Waals surface area contributed by atoms with Crippen LogP contribution in [-0.4, -0.2) is 27.2 Å². The fraction of sp³-hybridized carbons (Fsp3) is 1.00. The second kappa shape index (κ2) is 3.60. The van der Waals surface area contributed by atoms with Crippen LogP contribution in [0.15, 0.2) is 0 Å². The molecule has 2 nitrogen and oxygen atoms in total. The smallest absolute Gasteiger partial charge is 0.137 e. The van der Waals surface area contributed by atoms with Gasteiger partial charge in [0.2, 0.25) is 0 Å². The molecule has 0 unspecified atom stereocenters. The van der Waals surface area contributed by atoms with Crippen molar-refractivity contribution in [1.29, 1.82) is 0 Å². The first-order valence-corrected chi connectivity index (χ1v) is 4.63. The van der Waals surface area contributed by atoms with Gasteiger partial charge in [-0.1, -0.05) is 0 Å². The molecule has 0 aromatic carbocycles. The molecule has 0 rings (SSSR count). The molecule has 0 fully saturated rings. The van der Waals surface area contributed by atoms with Crippen molar-refractivity contribution in [3.05, 3.63) is 0 Å². The molecule has 0 saturated heterocycles. The lowest BCUT2D eigenvalue weighted by Gasteiger charge is -2.29. The van der Waals surface area contributed by atoms with Crippen molar-refractivity contribution in [3.63, 3.8) is 0 Å². The van der Waals surface area contributed by atoms with Crippen molar-refractivity contribution >= 4 is 11.4 Å². The topological polar surface area (TPSA) is 26.3 Å². The molecule has 0 radical (unpaired) electrons. The lowest BCUT2D eigenvalue weighted by molar-refractivity contribution is 0.458. The minimum atomic E-state index is -0.849. The van der Waals surface area contributed by atoms with Crippen molar-refractivity contribution in [2.75, 3.05) is 13.6 Å². The Kier molecular flexibility index (Phi) is 3.70. The Morgan fingerprint density at radius 3 is 1.90 bits per heavy atom. The molecule has 0 aliphatic carbocycles. The lowest BCUT2D eigenvalue weighted by Crippen LogP contribution is -2.40. The second-order valence-electron chi connectivity index (χ2n) is 3.31. The van der Waals surface area contributed by atoms with Gasteiger partial charge < -0.3 is 4.55 Å². The zero-order valence-corrected chi connectivity index (χ0v) is 8.29. The summed E-state index contributed by atoms with van der Waals surface area (Å²) in [6.07, 6.45) is 0. The van der Waals surface area contributed by atoms with Gasteiger partial charge in [-0.15, -0.1) is 4.31 Å². The highest BCUT2D eigenvalue weighted by Gasteiger charge is 2.29. The Morgan fingerprint density at radius 1 is 1.40 bits per heavy atom. The molecule has 0 aromatic heterocycles. The predicted molar refractivity (Wildman–Crippen MR) is 46.2 cm³/mol. The Hall–Kier alpha value is 0.270. The molecular formula is C7H17NOS. The van der Waals surface area contributed by atoms with Crippen LogP contribution in [0.25, 0.3) is 0 Å². The fourth-order valence-corrected chi connectivity index (χ4v) is 1.75. The summed E-state index contributed by atoms with van der Waals surface area (Å²) >= 11 is -0.849. The molecule has 0 aliphatic heterocycles. The Bertz CT molecular complexity index is 100. The summed E-state index contributed by atoms with van der Waals surface area (Å²) in [5, 5.41) is 0. The normalized spacial score (nSPS) is 15.9. The molecule has 62 valence electrons. The van der Waals surface area contributed by atoms with Crippen LogP contribution in [0.1, 0.15) is 27.7 Å². The van der Waals surface area contributed by atoms with Crippen molar-refractivity contribution in [2.45, 2.75) is 32.4 Å². The summed E-state index contributed by atoms with van der Waals surface area (Å²) in [6, 6.07) is 0. The van der Waals surface area contributed by atoms with Gasteiger partial charge in [0, 0.05) is 25.0 Å². The maximum absolute atomic E-state index is 11.4. The molecule has 3 heteroatoms. The lowest BCUT2D eigenvalue weighted by atomic mass is 10.3. The van der Waals surface area contributed by atoms with Crippen molar-refractivity contribution in [1.82, 2.24) is 4.31 Å². The van der Waals surface area contributed by atoms with Crippen LogP contribution in [0.2, 0.25) is 0 Å². The zero-order chi connectivity index (χ0) is 8.36.